The molecular weight excluding hydrogens is 168 g/mol. The number of nitrogens with zero attached hydrogens (tertiary/aromatic N) is 2. The number of nitrogens with one attached hydrogen (secondary N) is 2. The van der Waals surface area contributed by atoms with E-state index in [1.807, 2.05) is 0 Å². The lowest BCUT2D eigenvalue weighted by Crippen LogP contribution is -2.25. The third kappa shape index (κ3) is 4.04. The molecule has 3 N–H and O–H groups in total. The van der Waals surface area contributed by atoms with Crippen LogP contribution in [-0.2, 0) is 4.79 Å². The molecule has 0 aromatic carbocycles. The summed E-state index contributed by atoms with van der Waals surface area (Å²) in [5, 5.41) is 23.0. The molecule has 0 radical (unpaired) electrons. The Morgan fingerprint density at radius 3 is 2.33 bits per heavy atom. The summed E-state index contributed by atoms with van der Waals surface area (Å²) in [6.45, 7) is 0.318. The highest BCUT2D eigenvalue weighted by molar-refractivity contribution is 6.02. The van der Waals surface area contributed by atoms with Crippen molar-refractivity contribution in [3.05, 3.63) is 10.1 Å². The van der Waals surface area contributed by atoms with Gasteiger partial charge in [0.15, 0.2) is 5.96 Å². The molecule has 0 aromatic rings. The van der Waals surface area contributed by atoms with Crippen LogP contribution in [0, 0.1) is 15.5 Å². The predicted molar refractivity (Wildman–Crippen MR) is 37.3 cm³/mol. The largest absolute Gasteiger partial charge is 0.337 e. The average Bonchev–Trinajstić information content (AvgIpc) is 2.08. The number of carbonyl (C=O) groups is 1. The molecule has 8 nitrogen and oxygen atoms in total. The molecule has 0 bridgehead atoms. The molecule has 0 aromatic heterocycles. The lowest BCUT2D eigenvalue weighted by Gasteiger charge is -2.03. The van der Waals surface area contributed by atoms with Gasteiger partial charge in [0.1, 0.15) is 0 Å². The maximum Gasteiger partial charge on any atom is 0.291 e. The Morgan fingerprint density at radius 2 is 2.25 bits per heavy atom. The Hall–Kier alpha value is -1.86. The lowest BCUT2D eigenvalue weighted by atomic mass is 10.6. The molecule has 68 valence electrons. The van der Waals surface area contributed by atoms with Crippen LogP contribution in [0.1, 0.15) is 0 Å². The van der Waals surface area contributed by atoms with Crippen LogP contribution in [0.25, 0.3) is 0 Å². The van der Waals surface area contributed by atoms with Crippen LogP contribution in [0.2, 0.25) is 0 Å². The van der Waals surface area contributed by atoms with Gasteiger partial charge in [-0.05, 0) is 0 Å². The van der Waals surface area contributed by atoms with E-state index in [1.54, 1.807) is 11.9 Å². The zero-order valence-corrected chi connectivity index (χ0v) is 6.27. The molecule has 0 saturated carbocycles. The summed E-state index contributed by atoms with van der Waals surface area (Å²) in [7, 11) is 1.69. The molecule has 1 aliphatic heterocycles. The molecule has 1 amide bonds. The van der Waals surface area contributed by atoms with E-state index < -0.39 is 5.09 Å². The molecule has 12 heavy (non-hydrogen) atoms. The van der Waals surface area contributed by atoms with Crippen molar-refractivity contribution in [3.8, 4) is 0 Å². The Kier molecular flexibility index (Phi) is 3.47. The molecule has 1 aliphatic rings. The van der Waals surface area contributed by atoms with E-state index in [2.05, 4.69) is 5.32 Å². The van der Waals surface area contributed by atoms with Gasteiger partial charge in [0, 0.05) is 7.05 Å². The molecule has 1 rings (SSSR count). The van der Waals surface area contributed by atoms with Gasteiger partial charge in [0.05, 0.1) is 6.54 Å². The minimum absolute atomic E-state index is 0.0995. The molecule has 0 spiro atoms. The number of rotatable bonds is 0. The summed E-state index contributed by atoms with van der Waals surface area (Å²) in [5.74, 6) is 0.0903. The number of guanidine groups is 1. The third-order valence-electron chi connectivity index (χ3n) is 1.02. The summed E-state index contributed by atoms with van der Waals surface area (Å²) < 4.78 is 0. The average molecular weight is 176 g/mol. The number of carbonyl (C=O) groups excluding carboxylic acids is 1. The fourth-order valence-corrected chi connectivity index (χ4v) is 0.561. The second kappa shape index (κ2) is 4.11. The van der Waals surface area contributed by atoms with Gasteiger partial charge in [-0.2, -0.15) is 0 Å². The van der Waals surface area contributed by atoms with Gasteiger partial charge in [-0.15, -0.1) is 10.1 Å². The minimum atomic E-state index is -1.50. The SMILES string of the molecule is CN1CC(=O)NC1=N.O=[N+]([O-])O. The van der Waals surface area contributed by atoms with E-state index in [1.165, 1.54) is 0 Å². The summed E-state index contributed by atoms with van der Waals surface area (Å²) in [5.41, 5.74) is 0. The monoisotopic (exact) mass is 176 g/mol. The van der Waals surface area contributed by atoms with Gasteiger partial charge >= 0.3 is 0 Å². The van der Waals surface area contributed by atoms with Gasteiger partial charge in [-0.1, -0.05) is 0 Å². The zero-order chi connectivity index (χ0) is 9.72. The van der Waals surface area contributed by atoms with E-state index in [-0.39, 0.29) is 11.9 Å². The first-order chi connectivity index (χ1) is 5.43. The van der Waals surface area contributed by atoms with Crippen molar-refractivity contribution in [2.24, 2.45) is 0 Å². The number of hydrogen-bond acceptors (Lipinski definition) is 4. The number of amides is 1. The first-order valence-corrected chi connectivity index (χ1v) is 2.86. The van der Waals surface area contributed by atoms with E-state index in [4.69, 9.17) is 20.7 Å². The van der Waals surface area contributed by atoms with Crippen LogP contribution in [0.15, 0.2) is 0 Å². The first-order valence-electron chi connectivity index (χ1n) is 2.86. The van der Waals surface area contributed by atoms with Crippen LogP contribution >= 0.6 is 0 Å². The normalized spacial score (nSPS) is 14.9. The summed E-state index contributed by atoms with van der Waals surface area (Å²) in [4.78, 5) is 20.3. The quantitative estimate of drug-likeness (QED) is 0.311. The van der Waals surface area contributed by atoms with Gasteiger partial charge in [0.2, 0.25) is 5.91 Å². The second-order valence-electron chi connectivity index (χ2n) is 1.99. The van der Waals surface area contributed by atoms with Gasteiger partial charge in [-0.3, -0.25) is 15.5 Å². The summed E-state index contributed by atoms with van der Waals surface area (Å²) >= 11 is 0. The maximum atomic E-state index is 10.4. The van der Waals surface area contributed by atoms with Crippen LogP contribution in [-0.4, -0.2) is 40.7 Å². The molecule has 8 heteroatoms. The smallest absolute Gasteiger partial charge is 0.291 e. The molecule has 1 saturated heterocycles. The topological polar surface area (TPSA) is 120 Å². The van der Waals surface area contributed by atoms with Gasteiger partial charge in [0.25, 0.3) is 5.09 Å². The Balaban J connectivity index is 0.000000261. The van der Waals surface area contributed by atoms with Crippen LogP contribution in [0.5, 0.6) is 0 Å². The van der Waals surface area contributed by atoms with Crippen molar-refractivity contribution in [1.29, 1.82) is 5.41 Å². The fraction of sp³-hybridized carbons (Fsp3) is 0.500. The Bertz CT molecular complexity index is 211. The Labute approximate surface area is 67.4 Å². The highest BCUT2D eigenvalue weighted by atomic mass is 16.9. The van der Waals surface area contributed by atoms with E-state index in [0.717, 1.165) is 0 Å². The molecule has 1 fully saturated rings. The highest BCUT2D eigenvalue weighted by Crippen LogP contribution is 1.89. The standard InChI is InChI=1S/C4H7N3O.HNO3/c1-7-2-3(8)6-4(7)5;2-1(3)4/h2H2,1H3,(H2,5,6,8);(H,2,3,4). The van der Waals surface area contributed by atoms with E-state index in [0.29, 0.717) is 6.54 Å². The zero-order valence-electron chi connectivity index (χ0n) is 6.27. The summed E-state index contributed by atoms with van der Waals surface area (Å²) in [6.07, 6.45) is 0. The summed E-state index contributed by atoms with van der Waals surface area (Å²) in [6, 6.07) is 0. The molecular formula is C4H8N4O4. The van der Waals surface area contributed by atoms with Crippen molar-refractivity contribution in [3.63, 3.8) is 0 Å². The number of likely N-dealkylation sites (N-methyl/N-ethyl adjacent to an activating group) is 1. The number of hydrogen-bond donors (Lipinski definition) is 3. The van der Waals surface area contributed by atoms with Gasteiger partial charge in [-0.25, -0.2) is 0 Å². The van der Waals surface area contributed by atoms with Crippen molar-refractivity contribution in [2.45, 2.75) is 0 Å². The molecule has 0 aliphatic carbocycles. The highest BCUT2D eigenvalue weighted by Gasteiger charge is 2.18. The van der Waals surface area contributed by atoms with Crippen LogP contribution in [0.4, 0.5) is 0 Å². The van der Waals surface area contributed by atoms with Crippen LogP contribution in [0.3, 0.4) is 0 Å². The predicted octanol–water partition coefficient (Wildman–Crippen LogP) is -1.36. The van der Waals surface area contributed by atoms with Crippen molar-refractivity contribution >= 4 is 11.9 Å². The van der Waals surface area contributed by atoms with E-state index >= 15 is 0 Å². The van der Waals surface area contributed by atoms with Crippen LogP contribution < -0.4 is 5.32 Å². The Morgan fingerprint density at radius 1 is 1.83 bits per heavy atom. The maximum absolute atomic E-state index is 10.4. The molecule has 0 atom stereocenters. The first kappa shape index (κ1) is 10.1. The minimum Gasteiger partial charge on any atom is -0.337 e. The van der Waals surface area contributed by atoms with Crippen molar-refractivity contribution in [2.75, 3.05) is 13.6 Å². The molecule has 1 heterocycles. The van der Waals surface area contributed by atoms with Crippen molar-refractivity contribution in [1.82, 2.24) is 10.2 Å². The second-order valence-corrected chi connectivity index (χ2v) is 1.99. The third-order valence-corrected chi connectivity index (χ3v) is 1.02. The van der Waals surface area contributed by atoms with E-state index in [9.17, 15) is 4.79 Å². The van der Waals surface area contributed by atoms with Crippen molar-refractivity contribution < 1.29 is 15.1 Å². The lowest BCUT2D eigenvalue weighted by molar-refractivity contribution is -0.742. The molecule has 0 unspecified atom stereocenters. The fourth-order valence-electron chi connectivity index (χ4n) is 0.561. The van der Waals surface area contributed by atoms with Gasteiger partial charge < -0.3 is 10.1 Å².